The van der Waals surface area contributed by atoms with Crippen LogP contribution in [0.25, 0.3) is 0 Å². The summed E-state index contributed by atoms with van der Waals surface area (Å²) in [6.45, 7) is 8.67. The molecule has 5 heteroatoms. The number of halogens is 1. The van der Waals surface area contributed by atoms with Gasteiger partial charge in [0.15, 0.2) is 0 Å². The van der Waals surface area contributed by atoms with Gasteiger partial charge in [-0.25, -0.2) is 9.97 Å². The fourth-order valence-corrected chi connectivity index (χ4v) is 2.43. The normalized spacial score (nSPS) is 12.8. The molecule has 0 amide bonds. The van der Waals surface area contributed by atoms with Crippen LogP contribution in [0.2, 0.25) is 5.15 Å². The number of aromatic nitrogens is 2. The smallest absolute Gasteiger partial charge is 0.137 e. The molecule has 1 heterocycles. The molecule has 114 valence electrons. The predicted molar refractivity (Wildman–Crippen MR) is 84.3 cm³/mol. The van der Waals surface area contributed by atoms with E-state index in [0.717, 1.165) is 42.9 Å². The standard InChI is InChI=1S/C15H26ClN3O/c1-5-8-13-18-14(16)10(4)15(19-13)17-9-12(20)11(6-2)7-3/h11-12,20H,5-9H2,1-4H3,(H,17,18,19). The van der Waals surface area contributed by atoms with Crippen LogP contribution in [-0.4, -0.2) is 27.7 Å². The average molecular weight is 300 g/mol. The van der Waals surface area contributed by atoms with Crippen LogP contribution in [0, 0.1) is 12.8 Å². The second kappa shape index (κ2) is 8.42. The largest absolute Gasteiger partial charge is 0.391 e. The topological polar surface area (TPSA) is 58.0 Å². The highest BCUT2D eigenvalue weighted by Crippen LogP contribution is 2.21. The lowest BCUT2D eigenvalue weighted by molar-refractivity contribution is 0.114. The lowest BCUT2D eigenvalue weighted by atomic mass is 9.96. The summed E-state index contributed by atoms with van der Waals surface area (Å²) in [6, 6.07) is 0. The average Bonchev–Trinajstić information content (AvgIpc) is 2.42. The molecular formula is C15H26ClN3O. The summed E-state index contributed by atoms with van der Waals surface area (Å²) in [4.78, 5) is 8.76. The number of rotatable bonds is 8. The van der Waals surface area contributed by atoms with Crippen molar-refractivity contribution in [2.24, 2.45) is 5.92 Å². The van der Waals surface area contributed by atoms with E-state index in [1.165, 1.54) is 0 Å². The molecule has 20 heavy (non-hydrogen) atoms. The monoisotopic (exact) mass is 299 g/mol. The number of nitrogens with one attached hydrogen (secondary N) is 1. The van der Waals surface area contributed by atoms with Crippen LogP contribution in [0.3, 0.4) is 0 Å². The highest BCUT2D eigenvalue weighted by molar-refractivity contribution is 6.30. The number of aryl methyl sites for hydroxylation is 1. The van der Waals surface area contributed by atoms with Gasteiger partial charge in [0.2, 0.25) is 0 Å². The second-order valence-corrected chi connectivity index (χ2v) is 5.54. The number of hydrogen-bond acceptors (Lipinski definition) is 4. The molecule has 1 rings (SSSR count). The zero-order valence-electron chi connectivity index (χ0n) is 12.9. The number of anilines is 1. The lowest BCUT2D eigenvalue weighted by Crippen LogP contribution is -2.28. The van der Waals surface area contributed by atoms with Gasteiger partial charge in [-0.05, 0) is 19.3 Å². The van der Waals surface area contributed by atoms with Crippen molar-refractivity contribution >= 4 is 17.4 Å². The fourth-order valence-electron chi connectivity index (χ4n) is 2.24. The first kappa shape index (κ1) is 17.2. The van der Waals surface area contributed by atoms with Crippen LogP contribution < -0.4 is 5.32 Å². The van der Waals surface area contributed by atoms with Crippen LogP contribution in [0.15, 0.2) is 0 Å². The number of aliphatic hydroxyl groups excluding tert-OH is 1. The van der Waals surface area contributed by atoms with Gasteiger partial charge in [0.05, 0.1) is 6.10 Å². The van der Waals surface area contributed by atoms with Gasteiger partial charge in [-0.1, -0.05) is 45.2 Å². The molecule has 1 atom stereocenters. The molecular weight excluding hydrogens is 274 g/mol. The van der Waals surface area contributed by atoms with Gasteiger partial charge in [0, 0.05) is 18.5 Å². The summed E-state index contributed by atoms with van der Waals surface area (Å²) in [7, 11) is 0. The van der Waals surface area contributed by atoms with Crippen LogP contribution >= 0.6 is 11.6 Å². The quantitative estimate of drug-likeness (QED) is 0.720. The van der Waals surface area contributed by atoms with Crippen LogP contribution in [0.4, 0.5) is 5.82 Å². The molecule has 2 N–H and O–H groups in total. The van der Waals surface area contributed by atoms with E-state index in [1.54, 1.807) is 0 Å². The maximum atomic E-state index is 10.2. The third-order valence-corrected chi connectivity index (χ3v) is 4.05. The minimum Gasteiger partial charge on any atom is -0.391 e. The molecule has 0 saturated carbocycles. The molecule has 0 radical (unpaired) electrons. The summed E-state index contributed by atoms with van der Waals surface area (Å²) in [5.74, 6) is 1.80. The van der Waals surface area contributed by atoms with E-state index in [9.17, 15) is 5.11 Å². The zero-order chi connectivity index (χ0) is 15.1. The van der Waals surface area contributed by atoms with E-state index >= 15 is 0 Å². The highest BCUT2D eigenvalue weighted by Gasteiger charge is 2.16. The molecule has 4 nitrogen and oxygen atoms in total. The molecule has 0 saturated heterocycles. The summed E-state index contributed by atoms with van der Waals surface area (Å²) < 4.78 is 0. The highest BCUT2D eigenvalue weighted by atomic mass is 35.5. The Morgan fingerprint density at radius 1 is 1.20 bits per heavy atom. The van der Waals surface area contributed by atoms with Crippen molar-refractivity contribution in [2.75, 3.05) is 11.9 Å². The maximum absolute atomic E-state index is 10.2. The summed E-state index contributed by atoms with van der Waals surface area (Å²) in [6.07, 6.45) is 3.38. The van der Waals surface area contributed by atoms with Gasteiger partial charge in [-0.3, -0.25) is 0 Å². The Morgan fingerprint density at radius 2 is 1.85 bits per heavy atom. The molecule has 0 fully saturated rings. The molecule has 0 spiro atoms. The Balaban J connectivity index is 2.76. The minimum absolute atomic E-state index is 0.315. The SMILES string of the molecule is CCCc1nc(Cl)c(C)c(NCC(O)C(CC)CC)n1. The van der Waals surface area contributed by atoms with E-state index in [4.69, 9.17) is 11.6 Å². The third kappa shape index (κ3) is 4.60. The Morgan fingerprint density at radius 3 is 2.40 bits per heavy atom. The number of hydrogen-bond donors (Lipinski definition) is 2. The second-order valence-electron chi connectivity index (χ2n) is 5.18. The van der Waals surface area contributed by atoms with Gasteiger partial charge in [0.25, 0.3) is 0 Å². The molecule has 1 unspecified atom stereocenters. The van der Waals surface area contributed by atoms with E-state index in [0.29, 0.717) is 17.6 Å². The van der Waals surface area contributed by atoms with E-state index < -0.39 is 0 Å². The summed E-state index contributed by atoms with van der Waals surface area (Å²) >= 11 is 6.13. The third-order valence-electron chi connectivity index (χ3n) is 3.68. The molecule has 0 bridgehead atoms. The van der Waals surface area contributed by atoms with Crippen LogP contribution in [0.5, 0.6) is 0 Å². The van der Waals surface area contributed by atoms with Crippen molar-refractivity contribution in [1.29, 1.82) is 0 Å². The first-order valence-electron chi connectivity index (χ1n) is 7.48. The Kier molecular flexibility index (Phi) is 7.24. The number of nitrogens with zero attached hydrogens (tertiary/aromatic N) is 2. The van der Waals surface area contributed by atoms with Crippen molar-refractivity contribution in [1.82, 2.24) is 9.97 Å². The van der Waals surface area contributed by atoms with Crippen molar-refractivity contribution in [2.45, 2.75) is 59.5 Å². The summed E-state index contributed by atoms with van der Waals surface area (Å²) in [5, 5.41) is 13.9. The van der Waals surface area contributed by atoms with Gasteiger partial charge in [-0.15, -0.1) is 0 Å². The van der Waals surface area contributed by atoms with Crippen molar-refractivity contribution in [3.63, 3.8) is 0 Å². The van der Waals surface area contributed by atoms with Gasteiger partial charge in [0.1, 0.15) is 16.8 Å². The van der Waals surface area contributed by atoms with Crippen molar-refractivity contribution in [3.05, 3.63) is 16.5 Å². The molecule has 0 aromatic carbocycles. The minimum atomic E-state index is -0.368. The zero-order valence-corrected chi connectivity index (χ0v) is 13.7. The Hall–Kier alpha value is -0.870. The van der Waals surface area contributed by atoms with E-state index in [1.807, 2.05) is 6.92 Å². The van der Waals surface area contributed by atoms with Crippen molar-refractivity contribution in [3.8, 4) is 0 Å². The van der Waals surface area contributed by atoms with Gasteiger partial charge in [-0.2, -0.15) is 0 Å². The van der Waals surface area contributed by atoms with Crippen LogP contribution in [-0.2, 0) is 6.42 Å². The predicted octanol–water partition coefficient (Wildman–Crippen LogP) is 3.60. The maximum Gasteiger partial charge on any atom is 0.137 e. The molecule has 0 aliphatic rings. The van der Waals surface area contributed by atoms with Crippen molar-refractivity contribution < 1.29 is 5.11 Å². The lowest BCUT2D eigenvalue weighted by Gasteiger charge is -2.21. The first-order chi connectivity index (χ1) is 9.53. The Labute approximate surface area is 127 Å². The number of aliphatic hydroxyl groups is 1. The van der Waals surface area contributed by atoms with Gasteiger partial charge < -0.3 is 10.4 Å². The summed E-state index contributed by atoms with van der Waals surface area (Å²) in [5.41, 5.74) is 0.836. The van der Waals surface area contributed by atoms with E-state index in [-0.39, 0.29) is 6.10 Å². The molecule has 1 aromatic rings. The molecule has 0 aliphatic carbocycles. The van der Waals surface area contributed by atoms with Crippen LogP contribution in [0.1, 0.15) is 51.4 Å². The molecule has 0 aliphatic heterocycles. The molecule has 1 aromatic heterocycles. The van der Waals surface area contributed by atoms with E-state index in [2.05, 4.69) is 36.1 Å². The Bertz CT molecular complexity index is 422. The first-order valence-corrected chi connectivity index (χ1v) is 7.86. The van der Waals surface area contributed by atoms with Gasteiger partial charge >= 0.3 is 0 Å². The fraction of sp³-hybridized carbons (Fsp3) is 0.733.